The summed E-state index contributed by atoms with van der Waals surface area (Å²) >= 11 is 0. The van der Waals surface area contributed by atoms with E-state index in [0.717, 1.165) is 44.9 Å². The van der Waals surface area contributed by atoms with Gasteiger partial charge in [-0.05, 0) is 25.7 Å². The first kappa shape index (κ1) is 18.5. The van der Waals surface area contributed by atoms with E-state index in [4.69, 9.17) is 5.21 Å². The van der Waals surface area contributed by atoms with Crippen molar-refractivity contribution in [3.8, 4) is 0 Å². The summed E-state index contributed by atoms with van der Waals surface area (Å²) in [5.41, 5.74) is 0.487. The average molecular weight is 317 g/mol. The van der Waals surface area contributed by atoms with Gasteiger partial charge in [-0.25, -0.2) is 8.42 Å². The Bertz CT molecular complexity index is 404. The average Bonchev–Trinajstić information content (AvgIpc) is 2.42. The summed E-state index contributed by atoms with van der Waals surface area (Å²) in [7, 11) is -3.17. The van der Waals surface area contributed by atoms with Gasteiger partial charge in [-0.1, -0.05) is 63.4 Å². The minimum absolute atomic E-state index is 0.239. The van der Waals surface area contributed by atoms with Crippen molar-refractivity contribution in [2.75, 3.05) is 5.75 Å². The van der Waals surface area contributed by atoms with Gasteiger partial charge >= 0.3 is 0 Å². The molecule has 124 valence electrons. The smallest absolute Gasteiger partial charge is 0.158 e. The monoisotopic (exact) mass is 317 g/mol. The van der Waals surface area contributed by atoms with Crippen molar-refractivity contribution in [3.63, 3.8) is 0 Å². The van der Waals surface area contributed by atoms with Gasteiger partial charge in [-0.2, -0.15) is 0 Å². The highest BCUT2D eigenvalue weighted by Gasteiger charge is 2.30. The molecule has 5 heteroatoms. The van der Waals surface area contributed by atoms with Crippen LogP contribution in [0.3, 0.4) is 0 Å². The Morgan fingerprint density at radius 3 is 2.43 bits per heavy atom. The zero-order valence-electron chi connectivity index (χ0n) is 13.4. The Morgan fingerprint density at radius 2 is 1.71 bits per heavy atom. The van der Waals surface area contributed by atoms with Crippen LogP contribution in [0.15, 0.2) is 5.16 Å². The quantitative estimate of drug-likeness (QED) is 0.412. The third-order valence-corrected chi connectivity index (χ3v) is 6.60. The van der Waals surface area contributed by atoms with Crippen molar-refractivity contribution in [2.24, 2.45) is 5.16 Å². The third-order valence-electron chi connectivity index (χ3n) is 4.37. The highest BCUT2D eigenvalue weighted by Crippen LogP contribution is 2.22. The Morgan fingerprint density at radius 1 is 1.05 bits per heavy atom. The number of sulfone groups is 1. The van der Waals surface area contributed by atoms with Gasteiger partial charge in [0.2, 0.25) is 0 Å². The van der Waals surface area contributed by atoms with Gasteiger partial charge in [0.15, 0.2) is 9.84 Å². The minimum atomic E-state index is -3.17. The molecule has 1 fully saturated rings. The standard InChI is InChI=1S/C16H31NO3S/c1-2-3-4-5-8-11-14-21(19,20)16-13-10-7-6-9-12-15(16)17-18/h16,18H,2-14H2,1H3/b17-15+. The molecule has 0 aromatic rings. The van der Waals surface area contributed by atoms with Crippen LogP contribution in [-0.2, 0) is 9.84 Å². The molecule has 1 aliphatic carbocycles. The molecule has 0 aliphatic heterocycles. The van der Waals surface area contributed by atoms with E-state index in [1.807, 2.05) is 0 Å². The molecule has 1 atom stereocenters. The lowest BCUT2D eigenvalue weighted by Gasteiger charge is -2.21. The molecular formula is C16H31NO3S. The summed E-state index contributed by atoms with van der Waals surface area (Å²) < 4.78 is 25.0. The van der Waals surface area contributed by atoms with Crippen LogP contribution in [0.25, 0.3) is 0 Å². The number of rotatable bonds is 8. The van der Waals surface area contributed by atoms with E-state index in [2.05, 4.69) is 12.1 Å². The van der Waals surface area contributed by atoms with Crippen LogP contribution in [0, 0.1) is 0 Å². The Hall–Kier alpha value is -0.580. The van der Waals surface area contributed by atoms with E-state index in [0.29, 0.717) is 18.6 Å². The molecule has 1 N–H and O–H groups in total. The predicted octanol–water partition coefficient (Wildman–Crippen LogP) is 4.31. The molecule has 21 heavy (non-hydrogen) atoms. The van der Waals surface area contributed by atoms with E-state index in [-0.39, 0.29) is 5.75 Å². The molecule has 4 nitrogen and oxygen atoms in total. The highest BCUT2D eigenvalue weighted by atomic mass is 32.2. The van der Waals surface area contributed by atoms with Crippen molar-refractivity contribution in [1.82, 2.24) is 0 Å². The molecule has 0 bridgehead atoms. The third kappa shape index (κ3) is 6.81. The van der Waals surface area contributed by atoms with Gasteiger partial charge in [0.1, 0.15) is 5.25 Å². The van der Waals surface area contributed by atoms with Crippen LogP contribution in [0.5, 0.6) is 0 Å². The maximum Gasteiger partial charge on any atom is 0.158 e. The topological polar surface area (TPSA) is 66.7 Å². The lowest BCUT2D eigenvalue weighted by Crippen LogP contribution is -2.33. The van der Waals surface area contributed by atoms with Crippen LogP contribution < -0.4 is 0 Å². The Kier molecular flexibility index (Phi) is 8.97. The summed E-state index contributed by atoms with van der Waals surface area (Å²) in [6.45, 7) is 2.18. The van der Waals surface area contributed by atoms with Crippen molar-refractivity contribution < 1.29 is 13.6 Å². The molecule has 0 saturated heterocycles. The fourth-order valence-electron chi connectivity index (χ4n) is 3.04. The molecule has 0 heterocycles. The fourth-order valence-corrected chi connectivity index (χ4v) is 5.04. The molecule has 1 saturated carbocycles. The van der Waals surface area contributed by atoms with Gasteiger partial charge in [0.25, 0.3) is 0 Å². The first-order chi connectivity index (χ1) is 10.1. The zero-order valence-corrected chi connectivity index (χ0v) is 14.2. The van der Waals surface area contributed by atoms with Crippen molar-refractivity contribution in [3.05, 3.63) is 0 Å². The minimum Gasteiger partial charge on any atom is -0.411 e. The van der Waals surface area contributed by atoms with E-state index < -0.39 is 15.1 Å². The summed E-state index contributed by atoms with van der Waals surface area (Å²) in [6.07, 6.45) is 11.8. The van der Waals surface area contributed by atoms with Gasteiger partial charge in [0, 0.05) is 0 Å². The van der Waals surface area contributed by atoms with Gasteiger partial charge in [-0.3, -0.25) is 0 Å². The van der Waals surface area contributed by atoms with E-state index >= 15 is 0 Å². The summed E-state index contributed by atoms with van der Waals surface area (Å²) in [6, 6.07) is 0. The largest absolute Gasteiger partial charge is 0.411 e. The van der Waals surface area contributed by atoms with Crippen molar-refractivity contribution in [2.45, 2.75) is 89.2 Å². The maximum absolute atomic E-state index is 12.5. The molecule has 1 aliphatic rings. The van der Waals surface area contributed by atoms with E-state index in [1.165, 1.54) is 19.3 Å². The second-order valence-corrected chi connectivity index (χ2v) is 8.47. The molecule has 0 amide bonds. The summed E-state index contributed by atoms with van der Waals surface area (Å²) in [4.78, 5) is 0. The van der Waals surface area contributed by atoms with Crippen LogP contribution in [0.1, 0.15) is 84.0 Å². The predicted molar refractivity (Wildman–Crippen MR) is 87.9 cm³/mol. The van der Waals surface area contributed by atoms with E-state index in [1.54, 1.807) is 0 Å². The van der Waals surface area contributed by atoms with Gasteiger partial charge in [0.05, 0.1) is 11.5 Å². The lowest BCUT2D eigenvalue weighted by atomic mass is 9.99. The summed E-state index contributed by atoms with van der Waals surface area (Å²) in [5, 5.41) is 11.9. The number of nitrogens with zero attached hydrogens (tertiary/aromatic N) is 1. The number of hydrogen-bond donors (Lipinski definition) is 1. The van der Waals surface area contributed by atoms with Gasteiger partial charge in [-0.15, -0.1) is 0 Å². The molecular weight excluding hydrogens is 286 g/mol. The van der Waals surface area contributed by atoms with E-state index in [9.17, 15) is 8.42 Å². The highest BCUT2D eigenvalue weighted by molar-refractivity contribution is 7.92. The second-order valence-electron chi connectivity index (χ2n) is 6.17. The first-order valence-corrected chi connectivity index (χ1v) is 10.3. The maximum atomic E-state index is 12.5. The number of unbranched alkanes of at least 4 members (excludes halogenated alkanes) is 5. The summed E-state index contributed by atoms with van der Waals surface area (Å²) in [5.74, 6) is 0.239. The molecule has 1 unspecified atom stereocenters. The van der Waals surface area contributed by atoms with Crippen molar-refractivity contribution in [1.29, 1.82) is 0 Å². The fraction of sp³-hybridized carbons (Fsp3) is 0.938. The SMILES string of the molecule is CCCCCCCCS(=O)(=O)C1CCCCCC/C1=N\O. The molecule has 0 radical (unpaired) electrons. The normalized spacial score (nSPS) is 22.9. The molecule has 1 rings (SSSR count). The Labute approximate surface area is 129 Å². The zero-order chi connectivity index (χ0) is 15.6. The van der Waals surface area contributed by atoms with Crippen LogP contribution in [0.2, 0.25) is 0 Å². The molecule has 0 aromatic heterocycles. The molecule has 0 spiro atoms. The van der Waals surface area contributed by atoms with Crippen LogP contribution in [0.4, 0.5) is 0 Å². The first-order valence-electron chi connectivity index (χ1n) is 8.54. The molecule has 0 aromatic carbocycles. The van der Waals surface area contributed by atoms with Gasteiger partial charge < -0.3 is 5.21 Å². The number of oxime groups is 1. The van der Waals surface area contributed by atoms with Crippen LogP contribution >= 0.6 is 0 Å². The van der Waals surface area contributed by atoms with Crippen molar-refractivity contribution >= 4 is 15.5 Å². The lowest BCUT2D eigenvalue weighted by molar-refractivity contribution is 0.315. The Balaban J connectivity index is 2.49. The second kappa shape index (κ2) is 10.2. The van der Waals surface area contributed by atoms with Crippen LogP contribution in [-0.4, -0.2) is 30.3 Å². The number of hydrogen-bond acceptors (Lipinski definition) is 4.